The molecular weight excluding hydrogens is 268 g/mol. The number of anilines is 2. The summed E-state index contributed by atoms with van der Waals surface area (Å²) in [5, 5.41) is 0. The minimum absolute atomic E-state index is 0.517. The first-order valence-electron chi connectivity index (χ1n) is 6.91. The van der Waals surface area contributed by atoms with Crippen LogP contribution in [-0.2, 0) is 12.3 Å². The Balaban J connectivity index is 2.43. The predicted octanol–water partition coefficient (Wildman–Crippen LogP) is 4.77. The van der Waals surface area contributed by atoms with Crippen molar-refractivity contribution in [2.75, 3.05) is 11.9 Å². The van der Waals surface area contributed by atoms with E-state index in [2.05, 4.69) is 56.0 Å². The lowest BCUT2D eigenvalue weighted by Gasteiger charge is -2.21. The van der Waals surface area contributed by atoms with Gasteiger partial charge in [0, 0.05) is 24.3 Å². The van der Waals surface area contributed by atoms with E-state index in [0.29, 0.717) is 5.88 Å². The molecule has 2 nitrogen and oxygen atoms in total. The van der Waals surface area contributed by atoms with E-state index in [1.54, 1.807) is 0 Å². The number of aryl methyl sites for hydroxylation is 3. The highest BCUT2D eigenvalue weighted by Gasteiger charge is 2.09. The van der Waals surface area contributed by atoms with Gasteiger partial charge >= 0.3 is 0 Å². The Bertz CT molecular complexity index is 565. The van der Waals surface area contributed by atoms with E-state index in [1.807, 2.05) is 7.05 Å². The van der Waals surface area contributed by atoms with Gasteiger partial charge in [-0.05, 0) is 61.2 Å². The molecule has 20 heavy (non-hydrogen) atoms. The molecule has 0 amide bonds. The van der Waals surface area contributed by atoms with E-state index in [1.165, 1.54) is 11.1 Å². The van der Waals surface area contributed by atoms with Gasteiger partial charge in [-0.15, -0.1) is 11.6 Å². The van der Waals surface area contributed by atoms with Crippen molar-refractivity contribution in [3.05, 3.63) is 52.7 Å². The second-order valence-electron chi connectivity index (χ2n) is 5.22. The van der Waals surface area contributed by atoms with Crippen LogP contribution in [0, 0.1) is 13.8 Å². The molecule has 0 N–H and O–H groups in total. The third-order valence-electron chi connectivity index (χ3n) is 3.38. The van der Waals surface area contributed by atoms with Gasteiger partial charge in [0.15, 0.2) is 0 Å². The highest BCUT2D eigenvalue weighted by molar-refractivity contribution is 6.17. The molecule has 106 valence electrons. The minimum Gasteiger partial charge on any atom is -0.329 e. The number of rotatable bonds is 4. The van der Waals surface area contributed by atoms with E-state index in [0.717, 1.165) is 29.2 Å². The van der Waals surface area contributed by atoms with Gasteiger partial charge in [0.05, 0.1) is 0 Å². The zero-order valence-electron chi connectivity index (χ0n) is 12.6. The molecule has 2 aromatic rings. The third-order valence-corrected chi connectivity index (χ3v) is 3.69. The SMILES string of the molecule is CCc1cc(CCl)cc(N(C)c2cc(C)cc(C)c2)n1. The lowest BCUT2D eigenvalue weighted by molar-refractivity contribution is 0.997. The van der Waals surface area contributed by atoms with Crippen LogP contribution in [0.2, 0.25) is 0 Å². The fourth-order valence-electron chi connectivity index (χ4n) is 2.34. The highest BCUT2D eigenvalue weighted by Crippen LogP contribution is 2.26. The van der Waals surface area contributed by atoms with Crippen molar-refractivity contribution in [2.24, 2.45) is 0 Å². The van der Waals surface area contributed by atoms with Crippen LogP contribution < -0.4 is 4.90 Å². The van der Waals surface area contributed by atoms with Crippen LogP contribution in [0.4, 0.5) is 11.5 Å². The van der Waals surface area contributed by atoms with Crippen LogP contribution in [0.1, 0.15) is 29.3 Å². The average molecular weight is 289 g/mol. The molecule has 0 radical (unpaired) electrons. The summed E-state index contributed by atoms with van der Waals surface area (Å²) in [6.45, 7) is 6.34. The monoisotopic (exact) mass is 288 g/mol. The minimum atomic E-state index is 0.517. The molecule has 0 spiro atoms. The number of pyridine rings is 1. The Morgan fingerprint density at radius 2 is 1.70 bits per heavy atom. The summed E-state index contributed by atoms with van der Waals surface area (Å²) in [7, 11) is 2.05. The Labute approximate surface area is 126 Å². The second-order valence-corrected chi connectivity index (χ2v) is 5.48. The van der Waals surface area contributed by atoms with Crippen molar-refractivity contribution in [1.29, 1.82) is 0 Å². The molecule has 0 aliphatic heterocycles. The molecule has 0 aliphatic rings. The van der Waals surface area contributed by atoms with Crippen molar-refractivity contribution >= 4 is 23.1 Å². The lowest BCUT2D eigenvalue weighted by Crippen LogP contribution is -2.13. The third kappa shape index (κ3) is 3.31. The summed E-state index contributed by atoms with van der Waals surface area (Å²) in [6, 6.07) is 10.7. The Morgan fingerprint density at radius 3 is 2.25 bits per heavy atom. The highest BCUT2D eigenvalue weighted by atomic mass is 35.5. The molecule has 1 heterocycles. The summed E-state index contributed by atoms with van der Waals surface area (Å²) in [5.74, 6) is 1.47. The fourth-order valence-corrected chi connectivity index (χ4v) is 2.49. The van der Waals surface area contributed by atoms with E-state index in [4.69, 9.17) is 16.6 Å². The Hall–Kier alpha value is -1.54. The normalized spacial score (nSPS) is 10.7. The van der Waals surface area contributed by atoms with E-state index >= 15 is 0 Å². The van der Waals surface area contributed by atoms with Gasteiger partial charge in [-0.1, -0.05) is 13.0 Å². The number of benzene rings is 1. The van der Waals surface area contributed by atoms with Crippen molar-refractivity contribution < 1.29 is 0 Å². The summed E-state index contributed by atoms with van der Waals surface area (Å²) >= 11 is 5.98. The maximum atomic E-state index is 5.98. The Morgan fingerprint density at radius 1 is 1.05 bits per heavy atom. The molecule has 0 saturated carbocycles. The van der Waals surface area contributed by atoms with Gasteiger partial charge in [-0.25, -0.2) is 4.98 Å². The largest absolute Gasteiger partial charge is 0.329 e. The molecule has 1 aromatic carbocycles. The van der Waals surface area contributed by atoms with Crippen LogP contribution in [-0.4, -0.2) is 12.0 Å². The van der Waals surface area contributed by atoms with Crippen LogP contribution in [0.3, 0.4) is 0 Å². The number of alkyl halides is 1. The van der Waals surface area contributed by atoms with Crippen LogP contribution in [0.25, 0.3) is 0 Å². The number of aromatic nitrogens is 1. The summed E-state index contributed by atoms with van der Waals surface area (Å²) in [4.78, 5) is 6.82. The molecule has 3 heteroatoms. The van der Waals surface area contributed by atoms with Crippen molar-refractivity contribution in [3.8, 4) is 0 Å². The molecule has 0 unspecified atom stereocenters. The zero-order valence-corrected chi connectivity index (χ0v) is 13.3. The van der Waals surface area contributed by atoms with Gasteiger partial charge < -0.3 is 4.90 Å². The molecule has 2 rings (SSSR count). The van der Waals surface area contributed by atoms with Crippen LogP contribution in [0.15, 0.2) is 30.3 Å². The molecule has 0 atom stereocenters. The van der Waals surface area contributed by atoms with E-state index in [-0.39, 0.29) is 0 Å². The predicted molar refractivity (Wildman–Crippen MR) is 87.2 cm³/mol. The van der Waals surface area contributed by atoms with Crippen molar-refractivity contribution in [2.45, 2.75) is 33.1 Å². The average Bonchev–Trinajstić information content (AvgIpc) is 2.44. The molecule has 0 fully saturated rings. The number of halogens is 1. The van der Waals surface area contributed by atoms with Crippen LogP contribution >= 0.6 is 11.6 Å². The standard InChI is InChI=1S/C17H21ClN2/c1-5-15-9-14(11-18)10-17(19-15)20(4)16-7-12(2)6-13(3)8-16/h6-10H,5,11H2,1-4H3. The zero-order chi connectivity index (χ0) is 14.7. The first-order chi connectivity index (χ1) is 9.53. The summed E-state index contributed by atoms with van der Waals surface area (Å²) in [5.41, 5.74) is 5.87. The number of hydrogen-bond acceptors (Lipinski definition) is 2. The second kappa shape index (κ2) is 6.27. The maximum Gasteiger partial charge on any atom is 0.133 e. The fraction of sp³-hybridized carbons (Fsp3) is 0.353. The summed E-state index contributed by atoms with van der Waals surface area (Å²) in [6.07, 6.45) is 0.915. The topological polar surface area (TPSA) is 16.1 Å². The lowest BCUT2D eigenvalue weighted by atomic mass is 10.1. The van der Waals surface area contributed by atoms with Crippen molar-refractivity contribution in [3.63, 3.8) is 0 Å². The number of hydrogen-bond donors (Lipinski definition) is 0. The quantitative estimate of drug-likeness (QED) is 0.754. The summed E-state index contributed by atoms with van der Waals surface area (Å²) < 4.78 is 0. The first-order valence-corrected chi connectivity index (χ1v) is 7.44. The molecular formula is C17H21ClN2. The van der Waals surface area contributed by atoms with Gasteiger partial charge in [0.1, 0.15) is 5.82 Å². The van der Waals surface area contributed by atoms with Crippen molar-refractivity contribution in [1.82, 2.24) is 4.98 Å². The Kier molecular flexibility index (Phi) is 4.66. The first kappa shape index (κ1) is 14.9. The van der Waals surface area contributed by atoms with Gasteiger partial charge in [-0.2, -0.15) is 0 Å². The smallest absolute Gasteiger partial charge is 0.133 e. The van der Waals surface area contributed by atoms with E-state index < -0.39 is 0 Å². The van der Waals surface area contributed by atoms with E-state index in [9.17, 15) is 0 Å². The molecule has 0 saturated heterocycles. The van der Waals surface area contributed by atoms with Gasteiger partial charge in [-0.3, -0.25) is 0 Å². The molecule has 1 aromatic heterocycles. The molecule has 0 bridgehead atoms. The molecule has 0 aliphatic carbocycles. The maximum absolute atomic E-state index is 5.98. The van der Waals surface area contributed by atoms with Gasteiger partial charge in [0.2, 0.25) is 0 Å². The number of nitrogens with zero attached hydrogens (tertiary/aromatic N) is 2. The van der Waals surface area contributed by atoms with Gasteiger partial charge in [0.25, 0.3) is 0 Å². The van der Waals surface area contributed by atoms with Crippen LogP contribution in [0.5, 0.6) is 0 Å².